The molecule has 2 rings (SSSR count). The van der Waals surface area contributed by atoms with E-state index in [0.29, 0.717) is 31.8 Å². The molecule has 1 aromatic rings. The molecule has 8 nitrogen and oxygen atoms in total. The molecule has 0 aliphatic carbocycles. The molecule has 1 fully saturated rings. The Morgan fingerprint density at radius 2 is 2.12 bits per heavy atom. The molecular formula is C9H13N5O3. The molecule has 8 heteroatoms. The Bertz CT molecular complexity index is 397. The number of nitrogens with zero attached hydrogens (tertiary/aromatic N) is 4. The van der Waals surface area contributed by atoms with Crippen LogP contribution in [0, 0.1) is 5.92 Å². The average Bonchev–Trinajstić information content (AvgIpc) is 2.82. The number of H-pyrrole nitrogens is 1. The van der Waals surface area contributed by atoms with E-state index in [9.17, 15) is 9.59 Å². The van der Waals surface area contributed by atoms with E-state index in [4.69, 9.17) is 5.11 Å². The molecule has 17 heavy (non-hydrogen) atoms. The molecule has 0 unspecified atom stereocenters. The summed E-state index contributed by atoms with van der Waals surface area (Å²) < 4.78 is 0. The highest BCUT2D eigenvalue weighted by Gasteiger charge is 2.27. The first-order valence-electron chi connectivity index (χ1n) is 5.39. The highest BCUT2D eigenvalue weighted by molar-refractivity contribution is 5.78. The maximum absolute atomic E-state index is 11.8. The van der Waals surface area contributed by atoms with Crippen molar-refractivity contribution in [2.45, 2.75) is 19.3 Å². The van der Waals surface area contributed by atoms with E-state index in [1.807, 2.05) is 0 Å². The summed E-state index contributed by atoms with van der Waals surface area (Å²) in [5.74, 6) is -0.843. The van der Waals surface area contributed by atoms with E-state index < -0.39 is 5.97 Å². The van der Waals surface area contributed by atoms with Crippen LogP contribution in [0.15, 0.2) is 0 Å². The summed E-state index contributed by atoms with van der Waals surface area (Å²) in [5.41, 5.74) is 0. The quantitative estimate of drug-likeness (QED) is 0.704. The maximum atomic E-state index is 11.8. The fraction of sp³-hybridized carbons (Fsp3) is 0.667. The predicted molar refractivity (Wildman–Crippen MR) is 54.8 cm³/mol. The van der Waals surface area contributed by atoms with Crippen LogP contribution in [-0.4, -0.2) is 55.6 Å². The lowest BCUT2D eigenvalue weighted by Gasteiger charge is -2.29. The lowest BCUT2D eigenvalue weighted by molar-refractivity contribution is -0.145. The van der Waals surface area contributed by atoms with E-state index in [1.54, 1.807) is 4.90 Å². The summed E-state index contributed by atoms with van der Waals surface area (Å²) >= 11 is 0. The molecule has 0 atom stereocenters. The Morgan fingerprint density at radius 3 is 2.65 bits per heavy atom. The summed E-state index contributed by atoms with van der Waals surface area (Å²) in [6, 6.07) is 0. The van der Waals surface area contributed by atoms with Crippen molar-refractivity contribution in [1.82, 2.24) is 25.5 Å². The van der Waals surface area contributed by atoms with Gasteiger partial charge in [0.15, 0.2) is 5.82 Å². The number of carboxylic acid groups (broad SMARTS) is 1. The third kappa shape index (κ3) is 2.77. The van der Waals surface area contributed by atoms with Gasteiger partial charge in [-0.1, -0.05) is 5.21 Å². The first-order chi connectivity index (χ1) is 8.16. The summed E-state index contributed by atoms with van der Waals surface area (Å²) in [7, 11) is 0. The summed E-state index contributed by atoms with van der Waals surface area (Å²) in [4.78, 5) is 24.2. The fourth-order valence-corrected chi connectivity index (χ4v) is 1.88. The lowest BCUT2D eigenvalue weighted by Crippen LogP contribution is -2.41. The van der Waals surface area contributed by atoms with Crippen molar-refractivity contribution in [3.05, 3.63) is 5.82 Å². The molecule has 92 valence electrons. The number of likely N-dealkylation sites (tertiary alicyclic amines) is 1. The van der Waals surface area contributed by atoms with Gasteiger partial charge >= 0.3 is 5.97 Å². The smallest absolute Gasteiger partial charge is 0.306 e. The molecular weight excluding hydrogens is 226 g/mol. The molecule has 0 spiro atoms. The Hall–Kier alpha value is -1.99. The number of tetrazole rings is 1. The van der Waals surface area contributed by atoms with Crippen LogP contribution in [0.3, 0.4) is 0 Å². The number of aromatic amines is 1. The first kappa shape index (κ1) is 11.5. The fourth-order valence-electron chi connectivity index (χ4n) is 1.88. The molecule has 2 N–H and O–H groups in total. The normalized spacial score (nSPS) is 17.1. The number of carbonyl (C=O) groups is 2. The van der Waals surface area contributed by atoms with Crippen molar-refractivity contribution >= 4 is 11.9 Å². The van der Waals surface area contributed by atoms with Gasteiger partial charge in [0.1, 0.15) is 0 Å². The van der Waals surface area contributed by atoms with Crippen LogP contribution < -0.4 is 0 Å². The number of hydrogen-bond acceptors (Lipinski definition) is 5. The maximum Gasteiger partial charge on any atom is 0.306 e. The SMILES string of the molecule is O=C(O)C1CCN(C(=O)Cc2nn[nH]n2)CC1. The number of carboxylic acids is 1. The van der Waals surface area contributed by atoms with E-state index >= 15 is 0 Å². The van der Waals surface area contributed by atoms with E-state index in [1.165, 1.54) is 0 Å². The second kappa shape index (κ2) is 4.89. The minimum atomic E-state index is -0.782. The van der Waals surface area contributed by atoms with Gasteiger partial charge in [-0.3, -0.25) is 9.59 Å². The molecule has 2 heterocycles. The third-order valence-electron chi connectivity index (χ3n) is 2.90. The van der Waals surface area contributed by atoms with Crippen molar-refractivity contribution in [2.75, 3.05) is 13.1 Å². The zero-order valence-electron chi connectivity index (χ0n) is 9.17. The zero-order valence-corrected chi connectivity index (χ0v) is 9.17. The molecule has 0 bridgehead atoms. The van der Waals surface area contributed by atoms with Gasteiger partial charge in [0.2, 0.25) is 5.91 Å². The number of nitrogens with one attached hydrogen (secondary N) is 1. The molecule has 0 radical (unpaired) electrons. The highest BCUT2D eigenvalue weighted by atomic mass is 16.4. The van der Waals surface area contributed by atoms with Gasteiger partial charge in [0, 0.05) is 13.1 Å². The second-order valence-corrected chi connectivity index (χ2v) is 4.00. The van der Waals surface area contributed by atoms with Crippen LogP contribution in [0.2, 0.25) is 0 Å². The van der Waals surface area contributed by atoms with Gasteiger partial charge < -0.3 is 10.0 Å². The van der Waals surface area contributed by atoms with Gasteiger partial charge in [0.25, 0.3) is 0 Å². The molecule has 1 aromatic heterocycles. The molecule has 1 saturated heterocycles. The van der Waals surface area contributed by atoms with Crippen LogP contribution in [0.4, 0.5) is 0 Å². The van der Waals surface area contributed by atoms with Crippen LogP contribution in [0.1, 0.15) is 18.7 Å². The number of piperidine rings is 1. The topological polar surface area (TPSA) is 112 Å². The first-order valence-corrected chi connectivity index (χ1v) is 5.39. The number of aliphatic carboxylic acids is 1. The van der Waals surface area contributed by atoms with Crippen LogP contribution in [0.25, 0.3) is 0 Å². The predicted octanol–water partition coefficient (Wildman–Crippen LogP) is -0.935. The monoisotopic (exact) mass is 239 g/mol. The Labute approximate surface area is 97.0 Å². The van der Waals surface area contributed by atoms with Crippen LogP contribution in [-0.2, 0) is 16.0 Å². The van der Waals surface area contributed by atoms with Gasteiger partial charge in [-0.05, 0) is 12.8 Å². The number of hydrogen-bond donors (Lipinski definition) is 2. The lowest BCUT2D eigenvalue weighted by atomic mass is 9.97. The minimum Gasteiger partial charge on any atom is -0.481 e. The number of carbonyl (C=O) groups excluding carboxylic acids is 1. The highest BCUT2D eigenvalue weighted by Crippen LogP contribution is 2.17. The standard InChI is InChI=1S/C9H13N5O3/c15-8(5-7-10-12-13-11-7)14-3-1-6(2-4-14)9(16)17/h6H,1-5H2,(H,16,17)(H,10,11,12,13). The second-order valence-electron chi connectivity index (χ2n) is 4.00. The van der Waals surface area contributed by atoms with Crippen molar-refractivity contribution in [3.8, 4) is 0 Å². The molecule has 1 aliphatic heterocycles. The molecule has 0 aromatic carbocycles. The Balaban J connectivity index is 1.84. The number of aromatic nitrogens is 4. The van der Waals surface area contributed by atoms with Crippen LogP contribution in [0.5, 0.6) is 0 Å². The van der Waals surface area contributed by atoms with Crippen molar-refractivity contribution in [1.29, 1.82) is 0 Å². The van der Waals surface area contributed by atoms with Crippen molar-refractivity contribution in [3.63, 3.8) is 0 Å². The zero-order chi connectivity index (χ0) is 12.3. The number of rotatable bonds is 3. The summed E-state index contributed by atoms with van der Waals surface area (Å²) in [5, 5.41) is 21.9. The van der Waals surface area contributed by atoms with E-state index in [-0.39, 0.29) is 18.2 Å². The van der Waals surface area contributed by atoms with Gasteiger partial charge in [0.05, 0.1) is 12.3 Å². The Morgan fingerprint density at radius 1 is 1.41 bits per heavy atom. The van der Waals surface area contributed by atoms with Crippen molar-refractivity contribution < 1.29 is 14.7 Å². The summed E-state index contributed by atoms with van der Waals surface area (Å²) in [6.07, 6.45) is 1.12. The summed E-state index contributed by atoms with van der Waals surface area (Å²) in [6.45, 7) is 0.960. The largest absolute Gasteiger partial charge is 0.481 e. The van der Waals surface area contributed by atoms with Gasteiger partial charge in [-0.25, -0.2) is 0 Å². The van der Waals surface area contributed by atoms with Crippen molar-refractivity contribution in [2.24, 2.45) is 5.92 Å². The van der Waals surface area contributed by atoms with Gasteiger partial charge in [-0.15, -0.1) is 10.2 Å². The van der Waals surface area contributed by atoms with Crippen LogP contribution >= 0.6 is 0 Å². The van der Waals surface area contributed by atoms with E-state index in [2.05, 4.69) is 20.6 Å². The molecule has 0 saturated carbocycles. The molecule has 1 aliphatic rings. The van der Waals surface area contributed by atoms with Gasteiger partial charge in [-0.2, -0.15) is 5.21 Å². The third-order valence-corrected chi connectivity index (χ3v) is 2.90. The number of amides is 1. The van der Waals surface area contributed by atoms with E-state index in [0.717, 1.165) is 0 Å². The Kier molecular flexibility index (Phi) is 3.31. The molecule has 1 amide bonds. The minimum absolute atomic E-state index is 0.0877. The average molecular weight is 239 g/mol.